The van der Waals surface area contributed by atoms with Crippen molar-refractivity contribution in [3.63, 3.8) is 0 Å². The van der Waals surface area contributed by atoms with Crippen LogP contribution in [0.4, 0.5) is 0 Å². The van der Waals surface area contributed by atoms with E-state index in [2.05, 4.69) is 52.4 Å². The topological polar surface area (TPSA) is 12.0 Å². The summed E-state index contributed by atoms with van der Waals surface area (Å²) in [6.45, 7) is 2.29. The number of benzene rings is 1. The van der Waals surface area contributed by atoms with Gasteiger partial charge in [-0.25, -0.2) is 0 Å². The van der Waals surface area contributed by atoms with Crippen molar-refractivity contribution < 1.29 is 0 Å². The van der Waals surface area contributed by atoms with Gasteiger partial charge in [0.2, 0.25) is 0 Å². The SMILES string of the molecule is CCC(NC1CCC2(CCCC2)CC1)c1ccc(Br)cc1. The van der Waals surface area contributed by atoms with Gasteiger partial charge in [0.05, 0.1) is 0 Å². The molecule has 1 atom stereocenters. The molecule has 2 heteroatoms. The van der Waals surface area contributed by atoms with Gasteiger partial charge in [-0.3, -0.25) is 0 Å². The van der Waals surface area contributed by atoms with Gasteiger partial charge in [0, 0.05) is 16.6 Å². The molecule has 0 saturated heterocycles. The molecule has 0 amide bonds. The largest absolute Gasteiger partial charge is 0.307 e. The summed E-state index contributed by atoms with van der Waals surface area (Å²) < 4.78 is 1.17. The van der Waals surface area contributed by atoms with Crippen LogP contribution in [-0.4, -0.2) is 6.04 Å². The van der Waals surface area contributed by atoms with Crippen molar-refractivity contribution in [3.05, 3.63) is 34.3 Å². The molecule has 0 bridgehead atoms. The lowest BCUT2D eigenvalue weighted by Gasteiger charge is -2.39. The minimum absolute atomic E-state index is 0.515. The van der Waals surface area contributed by atoms with E-state index < -0.39 is 0 Å². The molecule has 1 aromatic carbocycles. The Morgan fingerprint density at radius 1 is 1.10 bits per heavy atom. The summed E-state index contributed by atoms with van der Waals surface area (Å²) in [5.41, 5.74) is 2.18. The first-order valence-electron chi connectivity index (χ1n) is 8.72. The molecule has 0 aromatic heterocycles. The van der Waals surface area contributed by atoms with Crippen molar-refractivity contribution >= 4 is 15.9 Å². The van der Waals surface area contributed by atoms with Crippen LogP contribution in [0.15, 0.2) is 28.7 Å². The Morgan fingerprint density at radius 3 is 2.29 bits per heavy atom. The third-order valence-electron chi connectivity index (χ3n) is 5.83. The monoisotopic (exact) mass is 349 g/mol. The van der Waals surface area contributed by atoms with Crippen molar-refractivity contribution in [2.45, 2.75) is 76.8 Å². The molecule has 21 heavy (non-hydrogen) atoms. The standard InChI is InChI=1S/C19H28BrN/c1-2-18(15-5-7-16(20)8-6-15)21-17-9-13-19(14-10-17)11-3-4-12-19/h5-8,17-18,21H,2-4,9-14H2,1H3. The zero-order valence-corrected chi connectivity index (χ0v) is 14.8. The predicted octanol–water partition coefficient (Wildman–Crippen LogP) is 5.99. The lowest BCUT2D eigenvalue weighted by atomic mass is 9.71. The third kappa shape index (κ3) is 3.71. The van der Waals surface area contributed by atoms with E-state index in [1.54, 1.807) is 0 Å². The molecule has 2 aliphatic carbocycles. The van der Waals surface area contributed by atoms with Crippen LogP contribution in [0, 0.1) is 5.41 Å². The van der Waals surface area contributed by atoms with Crippen LogP contribution in [0.1, 0.15) is 76.3 Å². The fourth-order valence-electron chi connectivity index (χ4n) is 4.45. The normalized spacial score (nSPS) is 23.5. The molecule has 0 radical (unpaired) electrons. The lowest BCUT2D eigenvalue weighted by Crippen LogP contribution is -2.38. The maximum absolute atomic E-state index is 3.93. The Kier molecular flexibility index (Phi) is 5.06. The van der Waals surface area contributed by atoms with E-state index in [1.807, 2.05) is 0 Å². The molecule has 116 valence electrons. The minimum Gasteiger partial charge on any atom is -0.307 e. The quantitative estimate of drug-likeness (QED) is 0.703. The van der Waals surface area contributed by atoms with Gasteiger partial charge in [-0.05, 0) is 68.1 Å². The molecule has 2 fully saturated rings. The maximum atomic E-state index is 3.93. The Hall–Kier alpha value is -0.340. The molecule has 1 spiro atoms. The van der Waals surface area contributed by atoms with Crippen LogP contribution in [-0.2, 0) is 0 Å². The molecule has 0 heterocycles. The van der Waals surface area contributed by atoms with E-state index >= 15 is 0 Å². The highest BCUT2D eigenvalue weighted by Gasteiger charge is 2.37. The van der Waals surface area contributed by atoms with E-state index in [1.165, 1.54) is 67.8 Å². The molecule has 2 aliphatic rings. The molecule has 2 saturated carbocycles. The van der Waals surface area contributed by atoms with Gasteiger partial charge in [0.25, 0.3) is 0 Å². The van der Waals surface area contributed by atoms with Crippen molar-refractivity contribution in [1.29, 1.82) is 0 Å². The first kappa shape index (κ1) is 15.6. The Labute approximate surface area is 138 Å². The maximum Gasteiger partial charge on any atom is 0.0320 e. The predicted molar refractivity (Wildman–Crippen MR) is 93.5 cm³/mol. The van der Waals surface area contributed by atoms with E-state index in [9.17, 15) is 0 Å². The van der Waals surface area contributed by atoms with Crippen LogP contribution >= 0.6 is 15.9 Å². The Morgan fingerprint density at radius 2 is 1.71 bits per heavy atom. The number of rotatable bonds is 4. The van der Waals surface area contributed by atoms with Crippen LogP contribution in [0.5, 0.6) is 0 Å². The lowest BCUT2D eigenvalue weighted by molar-refractivity contribution is 0.162. The molecule has 0 aliphatic heterocycles. The molecule has 1 unspecified atom stereocenters. The average molecular weight is 350 g/mol. The molecule has 1 aromatic rings. The van der Waals surface area contributed by atoms with E-state index in [0.717, 1.165) is 11.5 Å². The number of hydrogen-bond acceptors (Lipinski definition) is 1. The van der Waals surface area contributed by atoms with Gasteiger partial charge < -0.3 is 5.32 Å². The first-order chi connectivity index (χ1) is 10.2. The van der Waals surface area contributed by atoms with Crippen LogP contribution in [0.25, 0.3) is 0 Å². The second-order valence-corrected chi connectivity index (χ2v) is 8.08. The smallest absolute Gasteiger partial charge is 0.0320 e. The molecular formula is C19H28BrN. The first-order valence-corrected chi connectivity index (χ1v) is 9.52. The highest BCUT2D eigenvalue weighted by Crippen LogP contribution is 2.49. The summed E-state index contributed by atoms with van der Waals surface area (Å²) in [5, 5.41) is 3.93. The number of nitrogens with one attached hydrogen (secondary N) is 1. The van der Waals surface area contributed by atoms with Crippen molar-refractivity contribution in [3.8, 4) is 0 Å². The van der Waals surface area contributed by atoms with Gasteiger partial charge in [-0.15, -0.1) is 0 Å². The third-order valence-corrected chi connectivity index (χ3v) is 6.36. The highest BCUT2D eigenvalue weighted by molar-refractivity contribution is 9.10. The fourth-order valence-corrected chi connectivity index (χ4v) is 4.72. The second kappa shape index (κ2) is 6.83. The van der Waals surface area contributed by atoms with Crippen LogP contribution < -0.4 is 5.32 Å². The Bertz CT molecular complexity index is 437. The van der Waals surface area contributed by atoms with Crippen molar-refractivity contribution in [1.82, 2.24) is 5.32 Å². The Balaban J connectivity index is 1.56. The summed E-state index contributed by atoms with van der Waals surface area (Å²) >= 11 is 3.53. The second-order valence-electron chi connectivity index (χ2n) is 7.16. The van der Waals surface area contributed by atoms with E-state index in [0.29, 0.717) is 6.04 Å². The van der Waals surface area contributed by atoms with Crippen molar-refractivity contribution in [2.24, 2.45) is 5.41 Å². The van der Waals surface area contributed by atoms with Crippen molar-refractivity contribution in [2.75, 3.05) is 0 Å². The van der Waals surface area contributed by atoms with Gasteiger partial charge in [0.15, 0.2) is 0 Å². The van der Waals surface area contributed by atoms with Crippen LogP contribution in [0.3, 0.4) is 0 Å². The summed E-state index contributed by atoms with van der Waals surface area (Å²) in [7, 11) is 0. The van der Waals surface area contributed by atoms with Crippen LogP contribution in [0.2, 0.25) is 0 Å². The summed E-state index contributed by atoms with van der Waals surface area (Å²) in [6.07, 6.45) is 12.8. The van der Waals surface area contributed by atoms with Gasteiger partial charge in [0.1, 0.15) is 0 Å². The zero-order chi connectivity index (χ0) is 14.7. The van der Waals surface area contributed by atoms with E-state index in [4.69, 9.17) is 0 Å². The average Bonchev–Trinajstić information content (AvgIpc) is 2.96. The summed E-state index contributed by atoms with van der Waals surface area (Å²) in [5.74, 6) is 0. The zero-order valence-electron chi connectivity index (χ0n) is 13.2. The van der Waals surface area contributed by atoms with Gasteiger partial charge in [-0.2, -0.15) is 0 Å². The minimum atomic E-state index is 0.515. The number of halogens is 1. The fraction of sp³-hybridized carbons (Fsp3) is 0.684. The highest BCUT2D eigenvalue weighted by atomic mass is 79.9. The summed E-state index contributed by atoms with van der Waals surface area (Å²) in [6, 6.07) is 10.1. The van der Waals surface area contributed by atoms with Gasteiger partial charge >= 0.3 is 0 Å². The molecule has 1 N–H and O–H groups in total. The molecular weight excluding hydrogens is 322 g/mol. The summed E-state index contributed by atoms with van der Waals surface area (Å²) in [4.78, 5) is 0. The molecule has 1 nitrogen and oxygen atoms in total. The molecule has 3 rings (SSSR count). The number of hydrogen-bond donors (Lipinski definition) is 1. The van der Waals surface area contributed by atoms with E-state index in [-0.39, 0.29) is 0 Å². The van der Waals surface area contributed by atoms with Gasteiger partial charge in [-0.1, -0.05) is 47.8 Å².